The second kappa shape index (κ2) is 5.66. The number of amidine groups is 1. The highest BCUT2D eigenvalue weighted by atomic mass is 79.9. The van der Waals surface area contributed by atoms with Crippen LogP contribution in [0.3, 0.4) is 0 Å². The Morgan fingerprint density at radius 3 is 2.79 bits per heavy atom. The minimum atomic E-state index is 0.217. The molecule has 2 nitrogen and oxygen atoms in total. The molecule has 19 heavy (non-hydrogen) atoms. The smallest absolute Gasteiger partial charge is 0.161 e. The molecule has 1 aliphatic heterocycles. The summed E-state index contributed by atoms with van der Waals surface area (Å²) in [5.41, 5.74) is 1.25. The number of hydrogen-bond acceptors (Lipinski definition) is 3. The predicted molar refractivity (Wildman–Crippen MR) is 88.5 cm³/mol. The topological polar surface area (TPSA) is 24.4 Å². The summed E-state index contributed by atoms with van der Waals surface area (Å²) in [7, 11) is 0. The van der Waals surface area contributed by atoms with E-state index in [1.165, 1.54) is 32.1 Å². The number of thioether (sulfide) groups is 1. The summed E-state index contributed by atoms with van der Waals surface area (Å²) in [4.78, 5) is 4.95. The molecule has 0 bridgehead atoms. The average molecular weight is 360 g/mol. The van der Waals surface area contributed by atoms with Crippen molar-refractivity contribution in [2.24, 2.45) is 4.99 Å². The van der Waals surface area contributed by atoms with Crippen LogP contribution in [0.15, 0.2) is 27.7 Å². The Hall–Kier alpha value is -0.190. The summed E-state index contributed by atoms with van der Waals surface area (Å²) in [6.45, 7) is 0. The molecule has 5 heteroatoms. The third-order valence-electron chi connectivity index (χ3n) is 3.77. The molecule has 3 rings (SSSR count). The van der Waals surface area contributed by atoms with Crippen molar-refractivity contribution in [3.05, 3.63) is 27.7 Å². The van der Waals surface area contributed by atoms with E-state index in [9.17, 15) is 0 Å². The fraction of sp³-hybridized carbons (Fsp3) is 0.500. The van der Waals surface area contributed by atoms with Crippen LogP contribution < -0.4 is 5.32 Å². The average Bonchev–Trinajstić information content (AvgIpc) is 2.78. The molecule has 1 fully saturated rings. The van der Waals surface area contributed by atoms with Gasteiger partial charge < -0.3 is 5.32 Å². The van der Waals surface area contributed by atoms with E-state index in [4.69, 9.17) is 16.6 Å². The molecule has 2 aliphatic rings. The van der Waals surface area contributed by atoms with Gasteiger partial charge in [-0.05, 0) is 47.0 Å². The van der Waals surface area contributed by atoms with Gasteiger partial charge in [0.1, 0.15) is 0 Å². The second-order valence-corrected chi connectivity index (χ2v) is 7.47. The van der Waals surface area contributed by atoms with E-state index in [2.05, 4.69) is 21.2 Å². The van der Waals surface area contributed by atoms with Crippen molar-refractivity contribution in [1.82, 2.24) is 0 Å². The van der Waals surface area contributed by atoms with E-state index in [0.29, 0.717) is 0 Å². The van der Waals surface area contributed by atoms with Gasteiger partial charge in [-0.1, -0.05) is 42.6 Å². The Morgan fingerprint density at radius 1 is 1.26 bits per heavy atom. The maximum atomic E-state index is 6.00. The summed E-state index contributed by atoms with van der Waals surface area (Å²) < 4.78 is 0.912. The number of nitrogens with one attached hydrogen (secondary N) is 1. The SMILES string of the molecule is Clc1ccc(NC2=NC3(CCCCC3)CS2)cc1Br. The highest BCUT2D eigenvalue weighted by molar-refractivity contribution is 9.10. The standard InChI is InChI=1S/C14H16BrClN2S/c15-11-8-10(4-5-12(11)16)17-13-18-14(9-19-13)6-2-1-3-7-14/h4-5,8H,1-3,6-7,9H2,(H,17,18). The van der Waals surface area contributed by atoms with Crippen molar-refractivity contribution in [2.45, 2.75) is 37.6 Å². The van der Waals surface area contributed by atoms with Crippen LogP contribution in [0, 0.1) is 0 Å². The monoisotopic (exact) mass is 358 g/mol. The zero-order valence-corrected chi connectivity index (χ0v) is 13.7. The van der Waals surface area contributed by atoms with Crippen LogP contribution in [0.25, 0.3) is 0 Å². The first-order valence-corrected chi connectivity index (χ1v) is 8.77. The molecule has 0 unspecified atom stereocenters. The fourth-order valence-electron chi connectivity index (χ4n) is 2.71. The molecule has 0 amide bonds. The van der Waals surface area contributed by atoms with E-state index >= 15 is 0 Å². The number of anilines is 1. The minimum absolute atomic E-state index is 0.217. The molecule has 102 valence electrons. The van der Waals surface area contributed by atoms with Gasteiger partial charge >= 0.3 is 0 Å². The van der Waals surface area contributed by atoms with E-state index in [0.717, 1.165) is 26.1 Å². The number of benzene rings is 1. The number of hydrogen-bond donors (Lipinski definition) is 1. The van der Waals surface area contributed by atoms with Crippen LogP contribution in [-0.4, -0.2) is 16.5 Å². The number of halogens is 2. The third-order valence-corrected chi connectivity index (χ3v) is 6.13. The van der Waals surface area contributed by atoms with E-state index in [-0.39, 0.29) is 5.54 Å². The molecule has 1 N–H and O–H groups in total. The minimum Gasteiger partial charge on any atom is -0.335 e. The lowest BCUT2D eigenvalue weighted by Gasteiger charge is -2.29. The lowest BCUT2D eigenvalue weighted by molar-refractivity contribution is 0.335. The number of aliphatic imine (C=N–C) groups is 1. The van der Waals surface area contributed by atoms with E-state index in [1.54, 1.807) is 0 Å². The first-order chi connectivity index (χ1) is 9.17. The molecule has 1 saturated carbocycles. The maximum absolute atomic E-state index is 6.00. The van der Waals surface area contributed by atoms with Crippen LogP contribution in [0.1, 0.15) is 32.1 Å². The second-order valence-electron chi connectivity index (χ2n) is 5.24. The summed E-state index contributed by atoms with van der Waals surface area (Å²) in [5, 5.41) is 5.19. The van der Waals surface area contributed by atoms with Gasteiger partial charge in [-0.15, -0.1) is 0 Å². The molecule has 0 aromatic heterocycles. The van der Waals surface area contributed by atoms with Crippen molar-refractivity contribution in [1.29, 1.82) is 0 Å². The Morgan fingerprint density at radius 2 is 2.05 bits per heavy atom. The van der Waals surface area contributed by atoms with Crippen LogP contribution in [0.4, 0.5) is 5.69 Å². The molecule has 1 heterocycles. The summed E-state index contributed by atoms with van der Waals surface area (Å²) in [5.74, 6) is 1.13. The van der Waals surface area contributed by atoms with Gasteiger partial charge in [0.2, 0.25) is 0 Å². The van der Waals surface area contributed by atoms with Gasteiger partial charge in [-0.3, -0.25) is 4.99 Å². The van der Waals surface area contributed by atoms with Gasteiger partial charge in [0.15, 0.2) is 5.17 Å². The van der Waals surface area contributed by atoms with Crippen molar-refractivity contribution in [2.75, 3.05) is 11.1 Å². The van der Waals surface area contributed by atoms with Gasteiger partial charge in [-0.2, -0.15) is 0 Å². The molecule has 0 radical (unpaired) electrons. The summed E-state index contributed by atoms with van der Waals surface area (Å²) >= 11 is 11.3. The quantitative estimate of drug-likeness (QED) is 0.734. The van der Waals surface area contributed by atoms with Gasteiger partial charge in [0, 0.05) is 15.9 Å². The summed E-state index contributed by atoms with van der Waals surface area (Å²) in [6.07, 6.45) is 6.51. The lowest BCUT2D eigenvalue weighted by Crippen LogP contribution is -2.29. The first kappa shape index (κ1) is 13.8. The molecule has 1 aromatic rings. The number of nitrogens with zero attached hydrogens (tertiary/aromatic N) is 1. The van der Waals surface area contributed by atoms with Crippen LogP contribution in [0.2, 0.25) is 5.02 Å². The Bertz CT molecular complexity index is 512. The zero-order valence-electron chi connectivity index (χ0n) is 10.6. The molecule has 0 atom stereocenters. The van der Waals surface area contributed by atoms with Crippen LogP contribution >= 0.6 is 39.3 Å². The van der Waals surface area contributed by atoms with Crippen molar-refractivity contribution < 1.29 is 0 Å². The van der Waals surface area contributed by atoms with Crippen LogP contribution in [0.5, 0.6) is 0 Å². The Kier molecular flexibility index (Phi) is 4.11. The molecular weight excluding hydrogens is 344 g/mol. The fourth-order valence-corrected chi connectivity index (χ4v) is 4.41. The lowest BCUT2D eigenvalue weighted by atomic mass is 9.84. The first-order valence-electron chi connectivity index (χ1n) is 6.62. The largest absolute Gasteiger partial charge is 0.335 e. The van der Waals surface area contributed by atoms with Crippen LogP contribution in [-0.2, 0) is 0 Å². The highest BCUT2D eigenvalue weighted by Gasteiger charge is 2.36. The van der Waals surface area contributed by atoms with Crippen molar-refractivity contribution >= 4 is 50.1 Å². The van der Waals surface area contributed by atoms with E-state index < -0.39 is 0 Å². The Labute approximate surface area is 131 Å². The van der Waals surface area contributed by atoms with Gasteiger partial charge in [0.05, 0.1) is 10.6 Å². The number of rotatable bonds is 1. The summed E-state index contributed by atoms with van der Waals surface area (Å²) in [6, 6.07) is 5.88. The highest BCUT2D eigenvalue weighted by Crippen LogP contribution is 2.40. The van der Waals surface area contributed by atoms with E-state index in [1.807, 2.05) is 30.0 Å². The molecular formula is C14H16BrClN2S. The Balaban J connectivity index is 1.73. The van der Waals surface area contributed by atoms with Gasteiger partial charge in [0.25, 0.3) is 0 Å². The maximum Gasteiger partial charge on any atom is 0.161 e. The molecule has 1 aromatic carbocycles. The van der Waals surface area contributed by atoms with Crippen molar-refractivity contribution in [3.63, 3.8) is 0 Å². The van der Waals surface area contributed by atoms with Gasteiger partial charge in [-0.25, -0.2) is 0 Å². The molecule has 1 aliphatic carbocycles. The molecule has 1 spiro atoms. The zero-order chi connectivity index (χ0) is 13.3. The third kappa shape index (κ3) is 3.11. The normalized spacial score (nSPS) is 21.5. The van der Waals surface area contributed by atoms with Crippen molar-refractivity contribution in [3.8, 4) is 0 Å². The predicted octanol–water partition coefficient (Wildman–Crippen LogP) is 5.32. The molecule has 0 saturated heterocycles.